The summed E-state index contributed by atoms with van der Waals surface area (Å²) in [5.74, 6) is 2.31. The van der Waals surface area contributed by atoms with E-state index in [0.29, 0.717) is 57.4 Å². The molecule has 2 aromatic carbocycles. The Labute approximate surface area is 302 Å². The van der Waals surface area contributed by atoms with E-state index in [2.05, 4.69) is 52.7 Å². The second-order valence-corrected chi connectivity index (χ2v) is 15.0. The van der Waals surface area contributed by atoms with Crippen molar-refractivity contribution < 1.29 is 9.59 Å². The number of aromatic nitrogens is 6. The Morgan fingerprint density at radius 1 is 0.846 bits per heavy atom. The number of hydrogen-bond acceptors (Lipinski definition) is 7. The number of hydrogen-bond donors (Lipinski definition) is 4. The van der Waals surface area contributed by atoms with Gasteiger partial charge in [0.1, 0.15) is 17.7 Å². The maximum atomic E-state index is 14.3. The Kier molecular flexibility index (Phi) is 9.52. The van der Waals surface area contributed by atoms with Crippen molar-refractivity contribution in [3.8, 4) is 0 Å². The van der Waals surface area contributed by atoms with Crippen molar-refractivity contribution in [1.29, 1.82) is 0 Å². The molecule has 3 fully saturated rings. The van der Waals surface area contributed by atoms with Crippen LogP contribution in [0.15, 0.2) is 53.5 Å². The Morgan fingerprint density at radius 2 is 1.58 bits per heavy atom. The zero-order chi connectivity index (χ0) is 35.8. The van der Waals surface area contributed by atoms with Crippen LogP contribution in [0.5, 0.6) is 0 Å². The van der Waals surface area contributed by atoms with E-state index in [9.17, 15) is 14.4 Å². The maximum absolute atomic E-state index is 14.3. The first-order valence-corrected chi connectivity index (χ1v) is 18.8. The normalized spacial score (nSPS) is 19.0. The van der Waals surface area contributed by atoms with Crippen LogP contribution in [0.3, 0.4) is 0 Å². The molecule has 3 aliphatic heterocycles. The van der Waals surface area contributed by atoms with E-state index in [1.54, 1.807) is 11.1 Å². The van der Waals surface area contributed by atoms with Gasteiger partial charge in [-0.2, -0.15) is 5.10 Å². The lowest BCUT2D eigenvalue weighted by molar-refractivity contribution is -0.135. The highest BCUT2D eigenvalue weighted by Gasteiger charge is 2.35. The first kappa shape index (κ1) is 34.1. The molecule has 4 N–H and O–H groups in total. The number of likely N-dealkylation sites (tertiary alicyclic amines) is 3. The van der Waals surface area contributed by atoms with E-state index in [4.69, 9.17) is 0 Å². The number of aryl methyl sites for hydroxylation is 2. The van der Waals surface area contributed by atoms with E-state index in [1.165, 1.54) is 0 Å². The van der Waals surface area contributed by atoms with E-state index in [-0.39, 0.29) is 23.4 Å². The summed E-state index contributed by atoms with van der Waals surface area (Å²) >= 11 is 0. The number of carbonyl (C=O) groups is 2. The molecule has 13 heteroatoms. The topological polar surface area (TPSA) is 159 Å². The van der Waals surface area contributed by atoms with Crippen LogP contribution in [0.4, 0.5) is 4.79 Å². The number of para-hydroxylation sites is 1. The first-order valence-electron chi connectivity index (χ1n) is 18.8. The monoisotopic (exact) mass is 704 g/mol. The van der Waals surface area contributed by atoms with Crippen LogP contribution >= 0.6 is 0 Å². The average molecular weight is 705 g/mol. The van der Waals surface area contributed by atoms with Crippen LogP contribution in [0.25, 0.3) is 21.8 Å². The molecule has 0 unspecified atom stereocenters. The van der Waals surface area contributed by atoms with Gasteiger partial charge in [-0.3, -0.25) is 14.7 Å². The third-order valence-electron chi connectivity index (χ3n) is 11.7. The minimum atomic E-state index is -0.699. The largest absolute Gasteiger partial charge is 0.341 e. The molecule has 0 radical (unpaired) electrons. The first-order chi connectivity index (χ1) is 25.3. The van der Waals surface area contributed by atoms with E-state index >= 15 is 0 Å². The van der Waals surface area contributed by atoms with Crippen LogP contribution < -0.4 is 10.9 Å². The molecule has 0 aliphatic carbocycles. The van der Waals surface area contributed by atoms with Crippen LogP contribution in [0.2, 0.25) is 0 Å². The fourth-order valence-electron chi connectivity index (χ4n) is 8.73. The molecule has 3 aromatic heterocycles. The lowest BCUT2D eigenvalue weighted by Gasteiger charge is -2.42. The van der Waals surface area contributed by atoms with Crippen molar-refractivity contribution in [2.45, 2.75) is 82.7 Å². The predicted molar refractivity (Wildman–Crippen MR) is 199 cm³/mol. The molecular weight excluding hydrogens is 656 g/mol. The number of nitrogens with one attached hydrogen (secondary N) is 4. The van der Waals surface area contributed by atoms with Gasteiger partial charge in [0.05, 0.1) is 11.7 Å². The third-order valence-corrected chi connectivity index (χ3v) is 11.7. The van der Waals surface area contributed by atoms with Gasteiger partial charge < -0.3 is 30.0 Å². The molecular formula is C39H48N10O3. The van der Waals surface area contributed by atoms with Gasteiger partial charge in [-0.1, -0.05) is 24.3 Å². The number of benzene rings is 2. The van der Waals surface area contributed by atoms with Crippen molar-refractivity contribution >= 4 is 33.7 Å². The van der Waals surface area contributed by atoms with Crippen LogP contribution in [0.1, 0.15) is 78.7 Å². The number of piperidine rings is 3. The average Bonchev–Trinajstić information content (AvgIpc) is 3.84. The summed E-state index contributed by atoms with van der Waals surface area (Å²) in [6.07, 6.45) is 7.51. The highest BCUT2D eigenvalue weighted by Crippen LogP contribution is 2.30. The van der Waals surface area contributed by atoms with Crippen LogP contribution in [-0.4, -0.2) is 108 Å². The summed E-state index contributed by atoms with van der Waals surface area (Å²) in [7, 11) is 0. The summed E-state index contributed by atoms with van der Waals surface area (Å²) in [6.45, 7) is 8.38. The zero-order valence-corrected chi connectivity index (χ0v) is 30.0. The van der Waals surface area contributed by atoms with Crippen LogP contribution in [-0.2, 0) is 11.2 Å². The second kappa shape index (κ2) is 14.5. The van der Waals surface area contributed by atoms with E-state index < -0.39 is 6.04 Å². The Hall–Kier alpha value is -5.04. The van der Waals surface area contributed by atoms with Crippen molar-refractivity contribution in [3.05, 3.63) is 87.4 Å². The number of pyridine rings is 1. The SMILES string of the molecule is Cc1nnc(C2CCN(C3CCN(C(=O)[C@@H](Cc4cc(C)c5[nH]ncc5c4)NC(=O)N4CCC(c5cc6ccccc6[nH]c5=O)CC4)CC3)CC2)[nH]1. The fourth-order valence-corrected chi connectivity index (χ4v) is 8.73. The number of aromatic amines is 3. The standard InChI is InChI=1S/C39H48N10O3/c1-24-19-26(20-30-23-40-45-35(24)30)21-34(38(51)48-17-11-31(12-18-48)47-13-9-28(10-14-47)36-41-25(2)44-46-36)43-39(52)49-15-7-27(8-16-49)32-22-29-5-3-4-6-33(29)42-37(32)50/h3-6,19-20,22-23,27-28,31,34H,7-18,21H2,1-2H3,(H,40,45)(H,42,50)(H,43,52)(H,41,44,46)/t34-/m1/s1. The minimum absolute atomic E-state index is 0.0336. The number of H-pyrrole nitrogens is 3. The van der Waals surface area contributed by atoms with Gasteiger partial charge in [-0.05, 0) is 106 Å². The summed E-state index contributed by atoms with van der Waals surface area (Å²) in [4.78, 5) is 53.8. The lowest BCUT2D eigenvalue weighted by atomic mass is 9.89. The number of carbonyl (C=O) groups excluding carboxylic acids is 2. The number of amides is 3. The molecule has 3 saturated heterocycles. The van der Waals surface area contributed by atoms with E-state index in [1.807, 2.05) is 49.1 Å². The number of nitrogens with zero attached hydrogens (tertiary/aromatic N) is 6. The molecule has 8 rings (SSSR count). The zero-order valence-electron chi connectivity index (χ0n) is 30.0. The molecule has 1 atom stereocenters. The molecule has 3 amide bonds. The Morgan fingerprint density at radius 3 is 2.33 bits per heavy atom. The number of urea groups is 1. The lowest BCUT2D eigenvalue weighted by Crippen LogP contribution is -2.56. The highest BCUT2D eigenvalue weighted by molar-refractivity contribution is 5.88. The van der Waals surface area contributed by atoms with Gasteiger partial charge in [0, 0.05) is 61.0 Å². The Balaban J connectivity index is 0.916. The molecule has 272 valence electrons. The fraction of sp³-hybridized carbons (Fsp3) is 0.487. The van der Waals surface area contributed by atoms with Gasteiger partial charge in [0.25, 0.3) is 5.56 Å². The summed E-state index contributed by atoms with van der Waals surface area (Å²) in [5.41, 5.74) is 4.55. The predicted octanol–water partition coefficient (Wildman–Crippen LogP) is 4.51. The molecule has 6 heterocycles. The van der Waals surface area contributed by atoms with Gasteiger partial charge in [-0.15, -0.1) is 10.2 Å². The Bertz CT molecular complexity index is 2110. The quantitative estimate of drug-likeness (QED) is 0.194. The second-order valence-electron chi connectivity index (χ2n) is 15.0. The third kappa shape index (κ3) is 7.06. The van der Waals surface area contributed by atoms with Gasteiger partial charge >= 0.3 is 6.03 Å². The van der Waals surface area contributed by atoms with Gasteiger partial charge in [-0.25, -0.2) is 4.79 Å². The van der Waals surface area contributed by atoms with Crippen molar-refractivity contribution in [1.82, 2.24) is 50.4 Å². The molecule has 0 bridgehead atoms. The van der Waals surface area contributed by atoms with Crippen molar-refractivity contribution in [3.63, 3.8) is 0 Å². The van der Waals surface area contributed by atoms with E-state index in [0.717, 1.165) is 88.9 Å². The van der Waals surface area contributed by atoms with Gasteiger partial charge in [0.2, 0.25) is 5.91 Å². The maximum Gasteiger partial charge on any atom is 0.318 e. The molecule has 0 saturated carbocycles. The summed E-state index contributed by atoms with van der Waals surface area (Å²) in [6, 6.07) is 13.4. The smallest absolute Gasteiger partial charge is 0.318 e. The molecule has 0 spiro atoms. The van der Waals surface area contributed by atoms with Crippen molar-refractivity contribution in [2.24, 2.45) is 0 Å². The molecule has 13 nitrogen and oxygen atoms in total. The highest BCUT2D eigenvalue weighted by atomic mass is 16.2. The van der Waals surface area contributed by atoms with Gasteiger partial charge in [0.15, 0.2) is 0 Å². The number of rotatable bonds is 7. The van der Waals surface area contributed by atoms with Crippen LogP contribution in [0, 0.1) is 13.8 Å². The number of fused-ring (bicyclic) bond motifs is 2. The summed E-state index contributed by atoms with van der Waals surface area (Å²) in [5, 5.41) is 20.9. The summed E-state index contributed by atoms with van der Waals surface area (Å²) < 4.78 is 0. The minimum Gasteiger partial charge on any atom is -0.341 e. The van der Waals surface area contributed by atoms with Crippen molar-refractivity contribution in [2.75, 3.05) is 39.3 Å². The molecule has 5 aromatic rings. The molecule has 3 aliphatic rings. The molecule has 52 heavy (non-hydrogen) atoms.